The van der Waals surface area contributed by atoms with Gasteiger partial charge in [-0.15, -0.1) is 6.42 Å². The third-order valence-electron chi connectivity index (χ3n) is 5.24. The number of anilines is 1. The minimum Gasteiger partial charge on any atom is -0.392 e. The summed E-state index contributed by atoms with van der Waals surface area (Å²) in [5, 5.41) is 12.2. The number of carbonyl (C=O) groups excluding carboxylic acids is 1. The molecule has 0 saturated carbocycles. The van der Waals surface area contributed by atoms with Crippen molar-refractivity contribution in [1.82, 2.24) is 19.5 Å². The molecule has 0 aromatic carbocycles. The number of nitrogens with zero attached hydrogens (tertiary/aromatic N) is 4. The smallest absolute Gasteiger partial charge is 0.251 e. The van der Waals surface area contributed by atoms with Gasteiger partial charge in [0.25, 0.3) is 5.91 Å². The van der Waals surface area contributed by atoms with Crippen LogP contribution in [0.3, 0.4) is 0 Å². The van der Waals surface area contributed by atoms with Crippen LogP contribution in [-0.2, 0) is 20.8 Å². The first-order valence-corrected chi connectivity index (χ1v) is 11.3. The Morgan fingerprint density at radius 3 is 2.75 bits per heavy atom. The molecular formula is C22H32ClN5O4. The number of rotatable bonds is 15. The van der Waals surface area contributed by atoms with E-state index in [-0.39, 0.29) is 30.2 Å². The van der Waals surface area contributed by atoms with Crippen molar-refractivity contribution < 1.29 is 19.4 Å². The Bertz CT molecular complexity index is 908. The molecule has 0 spiro atoms. The number of halogens is 1. The van der Waals surface area contributed by atoms with Crippen molar-refractivity contribution in [3.05, 3.63) is 11.6 Å². The van der Waals surface area contributed by atoms with E-state index in [2.05, 4.69) is 33.1 Å². The van der Waals surface area contributed by atoms with E-state index in [1.165, 1.54) is 32.8 Å². The second kappa shape index (κ2) is 13.3. The summed E-state index contributed by atoms with van der Waals surface area (Å²) in [6, 6.07) is 0. The number of aliphatic hydroxyl groups excluding tert-OH is 1. The zero-order valence-electron chi connectivity index (χ0n) is 18.8. The van der Waals surface area contributed by atoms with Gasteiger partial charge in [0.15, 0.2) is 22.6 Å². The lowest BCUT2D eigenvalue weighted by molar-refractivity contribution is -0.120. The maximum absolute atomic E-state index is 12.3. The molecule has 1 amide bonds. The van der Waals surface area contributed by atoms with Crippen molar-refractivity contribution >= 4 is 34.5 Å². The molecule has 176 valence electrons. The van der Waals surface area contributed by atoms with Crippen LogP contribution in [0.2, 0.25) is 5.28 Å². The number of fused-ring (bicyclic) bond motifs is 1. The fraction of sp³-hybridized carbons (Fsp3) is 0.636. The summed E-state index contributed by atoms with van der Waals surface area (Å²) in [4.78, 5) is 24.9. The zero-order chi connectivity index (χ0) is 23.4. The Morgan fingerprint density at radius 1 is 1.31 bits per heavy atom. The summed E-state index contributed by atoms with van der Waals surface area (Å²) in [6.07, 6.45) is 14.3. The fourth-order valence-electron chi connectivity index (χ4n) is 3.21. The summed E-state index contributed by atoms with van der Waals surface area (Å²) < 4.78 is 12.5. The number of ether oxygens (including phenoxy) is 2. The standard InChI is InChI=1S/C22H32ClN5O4/c1-4-6-7-8-9-10-13-32-14-17(30)25-19-18-20(27-21(23)26-19)28(16-24-18)12-11-22(5-2,15-29)31-3/h2,16,29H,4,6-15H2,1,3H3,(H,25,26,27,30). The average Bonchev–Trinajstić information content (AvgIpc) is 3.20. The predicted octanol–water partition coefficient (Wildman–Crippen LogP) is 3.20. The van der Waals surface area contributed by atoms with E-state index in [4.69, 9.17) is 27.5 Å². The van der Waals surface area contributed by atoms with E-state index in [1.807, 2.05) is 0 Å². The lowest BCUT2D eigenvalue weighted by Gasteiger charge is -2.24. The second-order valence-corrected chi connectivity index (χ2v) is 7.91. The number of hydrogen-bond donors (Lipinski definition) is 2. The molecule has 0 radical (unpaired) electrons. The Balaban J connectivity index is 1.94. The van der Waals surface area contributed by atoms with Gasteiger partial charge in [0.1, 0.15) is 6.61 Å². The number of unbranched alkanes of at least 4 members (excludes halogenated alkanes) is 5. The minimum atomic E-state index is -1.10. The second-order valence-electron chi connectivity index (χ2n) is 7.57. The van der Waals surface area contributed by atoms with Gasteiger partial charge in [-0.25, -0.2) is 4.98 Å². The Kier molecular flexibility index (Phi) is 10.8. The molecule has 0 saturated heterocycles. The minimum absolute atomic E-state index is 0.0281. The number of terminal acetylenes is 1. The molecule has 2 heterocycles. The highest BCUT2D eigenvalue weighted by atomic mass is 35.5. The van der Waals surface area contributed by atoms with Crippen LogP contribution in [0.4, 0.5) is 5.82 Å². The van der Waals surface area contributed by atoms with Gasteiger partial charge in [-0.05, 0) is 18.0 Å². The first kappa shape index (κ1) is 26.0. The molecule has 2 aromatic rings. The van der Waals surface area contributed by atoms with Crippen molar-refractivity contribution in [3.8, 4) is 12.3 Å². The summed E-state index contributed by atoms with van der Waals surface area (Å²) >= 11 is 6.06. The molecule has 0 bridgehead atoms. The van der Waals surface area contributed by atoms with E-state index in [0.29, 0.717) is 30.7 Å². The number of imidazole rings is 1. The molecule has 1 atom stereocenters. The molecule has 0 fully saturated rings. The zero-order valence-corrected chi connectivity index (χ0v) is 19.5. The normalized spacial score (nSPS) is 13.1. The molecule has 2 aromatic heterocycles. The van der Waals surface area contributed by atoms with Crippen LogP contribution in [0.25, 0.3) is 11.2 Å². The molecule has 0 aliphatic carbocycles. The molecule has 0 aliphatic heterocycles. The number of hydrogen-bond acceptors (Lipinski definition) is 7. The lowest BCUT2D eigenvalue weighted by atomic mass is 10.0. The molecule has 0 aliphatic rings. The fourth-order valence-corrected chi connectivity index (χ4v) is 3.37. The van der Waals surface area contributed by atoms with Gasteiger partial charge in [-0.1, -0.05) is 44.9 Å². The van der Waals surface area contributed by atoms with Gasteiger partial charge in [-0.2, -0.15) is 9.97 Å². The largest absolute Gasteiger partial charge is 0.392 e. The first-order chi connectivity index (χ1) is 15.5. The topological polar surface area (TPSA) is 111 Å². The van der Waals surface area contributed by atoms with E-state index in [0.717, 1.165) is 12.8 Å². The average molecular weight is 466 g/mol. The number of aryl methyl sites for hydroxylation is 1. The van der Waals surface area contributed by atoms with Gasteiger partial charge in [0.2, 0.25) is 5.28 Å². The van der Waals surface area contributed by atoms with Crippen molar-refractivity contribution in [3.63, 3.8) is 0 Å². The van der Waals surface area contributed by atoms with Crippen molar-refractivity contribution in [2.24, 2.45) is 0 Å². The number of aromatic nitrogens is 4. The van der Waals surface area contributed by atoms with E-state index >= 15 is 0 Å². The number of aliphatic hydroxyl groups is 1. The van der Waals surface area contributed by atoms with Crippen molar-refractivity contribution in [1.29, 1.82) is 0 Å². The number of nitrogens with one attached hydrogen (secondary N) is 1. The Labute approximate surface area is 193 Å². The van der Waals surface area contributed by atoms with Crippen LogP contribution in [0.1, 0.15) is 51.9 Å². The first-order valence-electron chi connectivity index (χ1n) is 10.9. The van der Waals surface area contributed by atoms with Crippen molar-refractivity contribution in [2.75, 3.05) is 32.2 Å². The summed E-state index contributed by atoms with van der Waals surface area (Å²) in [5.41, 5.74) is -0.266. The van der Waals surface area contributed by atoms with E-state index in [1.54, 1.807) is 10.9 Å². The highest BCUT2D eigenvalue weighted by Gasteiger charge is 2.26. The van der Waals surface area contributed by atoms with Gasteiger partial charge in [0, 0.05) is 26.7 Å². The van der Waals surface area contributed by atoms with Gasteiger partial charge in [0.05, 0.1) is 12.9 Å². The van der Waals surface area contributed by atoms with E-state index in [9.17, 15) is 9.90 Å². The molecule has 1 unspecified atom stereocenters. The molecule has 10 heteroatoms. The third-order valence-corrected chi connectivity index (χ3v) is 5.40. The molecule has 2 N–H and O–H groups in total. The summed E-state index contributed by atoms with van der Waals surface area (Å²) in [7, 11) is 1.45. The van der Waals surface area contributed by atoms with Crippen LogP contribution >= 0.6 is 11.6 Å². The number of methoxy groups -OCH3 is 1. The highest BCUT2D eigenvalue weighted by Crippen LogP contribution is 2.23. The summed E-state index contributed by atoms with van der Waals surface area (Å²) in [6.45, 7) is 2.70. The highest BCUT2D eigenvalue weighted by molar-refractivity contribution is 6.28. The van der Waals surface area contributed by atoms with Crippen LogP contribution in [0, 0.1) is 12.3 Å². The van der Waals surface area contributed by atoms with Gasteiger partial charge >= 0.3 is 0 Å². The SMILES string of the molecule is C#CC(CO)(CCn1cnc2c(NC(=O)COCCCCCCCC)nc(Cl)nc21)OC. The maximum atomic E-state index is 12.3. The third kappa shape index (κ3) is 7.41. The van der Waals surface area contributed by atoms with Crippen LogP contribution in [0.15, 0.2) is 6.33 Å². The van der Waals surface area contributed by atoms with Gasteiger partial charge in [-0.3, -0.25) is 4.79 Å². The Morgan fingerprint density at radius 2 is 2.06 bits per heavy atom. The number of amides is 1. The van der Waals surface area contributed by atoms with Gasteiger partial charge < -0.3 is 24.5 Å². The maximum Gasteiger partial charge on any atom is 0.251 e. The monoisotopic (exact) mass is 465 g/mol. The van der Waals surface area contributed by atoms with Crippen LogP contribution < -0.4 is 5.32 Å². The van der Waals surface area contributed by atoms with Crippen LogP contribution in [-0.4, -0.2) is 63.1 Å². The molecule has 32 heavy (non-hydrogen) atoms. The van der Waals surface area contributed by atoms with E-state index < -0.39 is 5.60 Å². The van der Waals surface area contributed by atoms with Crippen molar-refractivity contribution in [2.45, 2.75) is 64.0 Å². The molecule has 9 nitrogen and oxygen atoms in total. The summed E-state index contributed by atoms with van der Waals surface area (Å²) in [5.74, 6) is 2.35. The van der Waals surface area contributed by atoms with Crippen LogP contribution in [0.5, 0.6) is 0 Å². The molecule has 2 rings (SSSR count). The lowest BCUT2D eigenvalue weighted by Crippen LogP contribution is -2.35. The molecular weight excluding hydrogens is 434 g/mol. The number of carbonyl (C=O) groups is 1. The predicted molar refractivity (Wildman–Crippen MR) is 123 cm³/mol. The quantitative estimate of drug-likeness (QED) is 0.236. The Hall–Kier alpha value is -2.25.